The molecule has 3 rings (SSSR count). The Morgan fingerprint density at radius 3 is 2.32 bits per heavy atom. The fourth-order valence-electron chi connectivity index (χ4n) is 3.07. The minimum absolute atomic E-state index is 0.0998. The number of nitrogens with one attached hydrogen (secondary N) is 1. The Labute approximate surface area is 152 Å². The molecule has 2 aromatic carbocycles. The van der Waals surface area contributed by atoms with Crippen molar-refractivity contribution in [1.82, 2.24) is 4.98 Å². The van der Waals surface area contributed by atoms with Gasteiger partial charge in [0.1, 0.15) is 0 Å². The molecule has 128 valence electrons. The number of hydrogen-bond donors (Lipinski definition) is 1. The lowest BCUT2D eigenvalue weighted by Crippen LogP contribution is -2.15. The number of rotatable bonds is 4. The lowest BCUT2D eigenvalue weighted by atomic mass is 9.99. The van der Waals surface area contributed by atoms with Crippen molar-refractivity contribution in [2.75, 3.05) is 5.32 Å². The summed E-state index contributed by atoms with van der Waals surface area (Å²) in [5.74, 6) is -0.0998. The van der Waals surface area contributed by atoms with Crippen LogP contribution in [0, 0.1) is 20.8 Å². The number of thiazole rings is 1. The van der Waals surface area contributed by atoms with Gasteiger partial charge in [0.25, 0.3) is 5.91 Å². The van der Waals surface area contributed by atoms with Gasteiger partial charge in [-0.25, -0.2) is 4.98 Å². The van der Waals surface area contributed by atoms with Crippen LogP contribution in [0.25, 0.3) is 11.3 Å². The number of anilines is 1. The van der Waals surface area contributed by atoms with Gasteiger partial charge in [-0.1, -0.05) is 48.9 Å². The first-order valence-corrected chi connectivity index (χ1v) is 9.30. The van der Waals surface area contributed by atoms with Crippen LogP contribution in [0.1, 0.15) is 39.5 Å². The van der Waals surface area contributed by atoms with Gasteiger partial charge in [0.2, 0.25) is 0 Å². The average molecular weight is 350 g/mol. The Balaban J connectivity index is 1.80. The second-order valence-corrected chi connectivity index (χ2v) is 7.17. The molecular formula is C21H22N2OS. The molecule has 3 nitrogen and oxygen atoms in total. The first kappa shape index (κ1) is 17.4. The quantitative estimate of drug-likeness (QED) is 0.670. The van der Waals surface area contributed by atoms with Crippen molar-refractivity contribution < 1.29 is 4.79 Å². The highest BCUT2D eigenvalue weighted by atomic mass is 32.1. The van der Waals surface area contributed by atoms with Gasteiger partial charge in [-0.15, -0.1) is 11.3 Å². The van der Waals surface area contributed by atoms with Crippen molar-refractivity contribution in [3.8, 4) is 11.3 Å². The molecule has 0 atom stereocenters. The van der Waals surface area contributed by atoms with Gasteiger partial charge in [-0.3, -0.25) is 10.1 Å². The Morgan fingerprint density at radius 1 is 1.08 bits per heavy atom. The first-order valence-electron chi connectivity index (χ1n) is 8.42. The van der Waals surface area contributed by atoms with E-state index in [0.29, 0.717) is 5.13 Å². The maximum Gasteiger partial charge on any atom is 0.257 e. The molecule has 1 heterocycles. The van der Waals surface area contributed by atoms with Crippen LogP contribution in [0.4, 0.5) is 5.13 Å². The molecule has 0 aliphatic rings. The molecule has 0 fully saturated rings. The summed E-state index contributed by atoms with van der Waals surface area (Å²) in [7, 11) is 0. The summed E-state index contributed by atoms with van der Waals surface area (Å²) in [5, 5.41) is 5.54. The van der Waals surface area contributed by atoms with Crippen LogP contribution >= 0.6 is 11.3 Å². The lowest BCUT2D eigenvalue weighted by molar-refractivity contribution is 0.102. The highest BCUT2D eigenvalue weighted by Crippen LogP contribution is 2.26. The maximum atomic E-state index is 12.7. The molecule has 1 aromatic heterocycles. The van der Waals surface area contributed by atoms with E-state index in [9.17, 15) is 4.79 Å². The summed E-state index contributed by atoms with van der Waals surface area (Å²) in [4.78, 5) is 17.2. The third kappa shape index (κ3) is 3.80. The van der Waals surface area contributed by atoms with Gasteiger partial charge in [-0.2, -0.15) is 0 Å². The normalized spacial score (nSPS) is 10.7. The maximum absolute atomic E-state index is 12.7. The van der Waals surface area contributed by atoms with E-state index >= 15 is 0 Å². The largest absolute Gasteiger partial charge is 0.298 e. The predicted octanol–water partition coefficient (Wildman–Crippen LogP) is 5.55. The fourth-order valence-corrected chi connectivity index (χ4v) is 3.79. The van der Waals surface area contributed by atoms with Crippen LogP contribution < -0.4 is 5.32 Å². The Morgan fingerprint density at radius 2 is 1.72 bits per heavy atom. The summed E-state index contributed by atoms with van der Waals surface area (Å²) in [5.41, 5.74) is 7.13. The van der Waals surface area contributed by atoms with Crippen molar-refractivity contribution in [1.29, 1.82) is 0 Å². The highest BCUT2D eigenvalue weighted by molar-refractivity contribution is 7.14. The number of hydrogen-bond acceptors (Lipinski definition) is 3. The van der Waals surface area contributed by atoms with Gasteiger partial charge < -0.3 is 0 Å². The molecule has 0 bridgehead atoms. The fraction of sp³-hybridized carbons (Fsp3) is 0.238. The molecule has 0 spiro atoms. The van der Waals surface area contributed by atoms with Gasteiger partial charge in [0.05, 0.1) is 5.69 Å². The monoisotopic (exact) mass is 350 g/mol. The van der Waals surface area contributed by atoms with E-state index < -0.39 is 0 Å². The summed E-state index contributed by atoms with van der Waals surface area (Å²) in [6.07, 6.45) is 1.02. The summed E-state index contributed by atoms with van der Waals surface area (Å²) in [6, 6.07) is 12.5. The lowest BCUT2D eigenvalue weighted by Gasteiger charge is -2.10. The number of amides is 1. The average Bonchev–Trinajstić information content (AvgIpc) is 3.02. The van der Waals surface area contributed by atoms with Crippen molar-refractivity contribution in [3.05, 3.63) is 69.6 Å². The van der Waals surface area contributed by atoms with Crippen molar-refractivity contribution in [2.45, 2.75) is 34.1 Å². The zero-order valence-corrected chi connectivity index (χ0v) is 15.8. The first-order chi connectivity index (χ1) is 12.0. The summed E-state index contributed by atoms with van der Waals surface area (Å²) in [6.45, 7) is 8.12. The third-order valence-electron chi connectivity index (χ3n) is 4.29. The summed E-state index contributed by atoms with van der Waals surface area (Å²) < 4.78 is 0. The van der Waals surface area contributed by atoms with Gasteiger partial charge in [-0.05, 0) is 43.9 Å². The van der Waals surface area contributed by atoms with Crippen LogP contribution in [0.3, 0.4) is 0 Å². The van der Waals surface area contributed by atoms with Crippen LogP contribution in [0.5, 0.6) is 0 Å². The molecule has 0 saturated heterocycles. The zero-order valence-electron chi connectivity index (χ0n) is 15.0. The van der Waals surface area contributed by atoms with E-state index in [4.69, 9.17) is 0 Å². The molecule has 0 aliphatic heterocycles. The molecule has 0 unspecified atom stereocenters. The number of aromatic nitrogens is 1. The molecule has 1 N–H and O–H groups in total. The number of nitrogens with zero attached hydrogens (tertiary/aromatic N) is 1. The molecular weight excluding hydrogens is 328 g/mol. The van der Waals surface area contributed by atoms with E-state index in [-0.39, 0.29) is 5.91 Å². The minimum atomic E-state index is -0.0998. The predicted molar refractivity (Wildman–Crippen MR) is 106 cm³/mol. The summed E-state index contributed by atoms with van der Waals surface area (Å²) >= 11 is 1.45. The number of aryl methyl sites for hydroxylation is 4. The van der Waals surface area contributed by atoms with E-state index in [2.05, 4.69) is 41.5 Å². The van der Waals surface area contributed by atoms with Crippen LogP contribution in [0.15, 0.2) is 41.8 Å². The Hall–Kier alpha value is -2.46. The number of carbonyl (C=O) groups is 1. The topological polar surface area (TPSA) is 42.0 Å². The number of benzene rings is 2. The Bertz CT molecular complexity index is 887. The van der Waals surface area contributed by atoms with E-state index in [1.54, 1.807) is 0 Å². The van der Waals surface area contributed by atoms with Crippen molar-refractivity contribution in [2.24, 2.45) is 0 Å². The van der Waals surface area contributed by atoms with E-state index in [1.807, 2.05) is 38.3 Å². The zero-order chi connectivity index (χ0) is 18.0. The molecule has 25 heavy (non-hydrogen) atoms. The molecule has 0 radical (unpaired) electrons. The minimum Gasteiger partial charge on any atom is -0.298 e. The van der Waals surface area contributed by atoms with Gasteiger partial charge in [0.15, 0.2) is 5.13 Å². The molecule has 3 aromatic rings. The van der Waals surface area contributed by atoms with Crippen LogP contribution in [-0.4, -0.2) is 10.9 Å². The second-order valence-electron chi connectivity index (χ2n) is 6.32. The van der Waals surface area contributed by atoms with Crippen molar-refractivity contribution >= 4 is 22.4 Å². The van der Waals surface area contributed by atoms with Gasteiger partial charge >= 0.3 is 0 Å². The van der Waals surface area contributed by atoms with Gasteiger partial charge in [0, 0.05) is 16.5 Å². The number of carbonyl (C=O) groups excluding carboxylic acids is 1. The smallest absolute Gasteiger partial charge is 0.257 e. The molecule has 0 saturated carbocycles. The molecule has 0 aliphatic carbocycles. The van der Waals surface area contributed by atoms with E-state index in [0.717, 1.165) is 34.4 Å². The Kier molecular flexibility index (Phi) is 5.00. The SMILES string of the molecule is CCc1ccc(-c2csc(NC(=O)c3c(C)cc(C)cc3C)n2)cc1. The van der Waals surface area contributed by atoms with Crippen LogP contribution in [-0.2, 0) is 6.42 Å². The van der Waals surface area contributed by atoms with Crippen LogP contribution in [0.2, 0.25) is 0 Å². The molecule has 1 amide bonds. The van der Waals surface area contributed by atoms with E-state index in [1.165, 1.54) is 22.5 Å². The van der Waals surface area contributed by atoms with Crippen molar-refractivity contribution in [3.63, 3.8) is 0 Å². The highest BCUT2D eigenvalue weighted by Gasteiger charge is 2.15. The second kappa shape index (κ2) is 7.19. The standard InChI is InChI=1S/C21H22N2OS/c1-5-16-6-8-17(9-7-16)18-12-25-21(22-18)23-20(24)19-14(3)10-13(2)11-15(19)4/h6-12H,5H2,1-4H3,(H,22,23,24). The molecule has 4 heteroatoms. The third-order valence-corrected chi connectivity index (χ3v) is 5.04.